The van der Waals surface area contributed by atoms with E-state index in [1.807, 2.05) is 48.8 Å². The molecule has 2 aliphatic rings. The number of aromatic nitrogens is 2. The standard InChI is InChI=1S/C24H25N5O2/c30-23-20-7-6-18(19-15-26-24(27-16-19)29-10-12-31-13-11-29)14-22(20)28-21(8-9-25-23)17-4-2-1-3-5-17/h1-7,14-16,21,28H,8-13H2,(H,25,30). The summed E-state index contributed by atoms with van der Waals surface area (Å²) in [4.78, 5) is 23.8. The lowest BCUT2D eigenvalue weighted by atomic mass is 9.98. The lowest BCUT2D eigenvalue weighted by molar-refractivity contribution is 0.0952. The SMILES string of the molecule is O=C1NCCC(c2ccccc2)Nc2cc(-c3cnc(N4CCOCC4)nc3)ccc21. The number of carbonyl (C=O) groups is 1. The van der Waals surface area contributed by atoms with Crippen LogP contribution in [-0.2, 0) is 4.74 Å². The monoisotopic (exact) mass is 415 g/mol. The largest absolute Gasteiger partial charge is 0.378 e. The number of benzene rings is 2. The van der Waals surface area contributed by atoms with Gasteiger partial charge in [0.15, 0.2) is 0 Å². The number of hydrogen-bond donors (Lipinski definition) is 2. The Bertz CT molecular complexity index is 1050. The molecule has 7 heteroatoms. The van der Waals surface area contributed by atoms with E-state index >= 15 is 0 Å². The number of nitrogens with zero attached hydrogens (tertiary/aromatic N) is 3. The van der Waals surface area contributed by atoms with Crippen LogP contribution in [0.25, 0.3) is 11.1 Å². The fourth-order valence-electron chi connectivity index (χ4n) is 4.06. The van der Waals surface area contributed by atoms with Crippen LogP contribution in [0.15, 0.2) is 60.9 Å². The highest BCUT2D eigenvalue weighted by Crippen LogP contribution is 2.31. The molecule has 31 heavy (non-hydrogen) atoms. The number of carbonyl (C=O) groups excluding carboxylic acids is 1. The molecule has 5 rings (SSSR count). The first-order valence-corrected chi connectivity index (χ1v) is 10.7. The van der Waals surface area contributed by atoms with Gasteiger partial charge in [-0.1, -0.05) is 36.4 Å². The van der Waals surface area contributed by atoms with Gasteiger partial charge in [0.05, 0.1) is 24.8 Å². The summed E-state index contributed by atoms with van der Waals surface area (Å²) in [7, 11) is 0. The van der Waals surface area contributed by atoms with Crippen molar-refractivity contribution >= 4 is 17.5 Å². The molecule has 1 unspecified atom stereocenters. The zero-order valence-electron chi connectivity index (χ0n) is 17.3. The van der Waals surface area contributed by atoms with Crippen molar-refractivity contribution in [2.75, 3.05) is 43.1 Å². The van der Waals surface area contributed by atoms with Gasteiger partial charge in [0.25, 0.3) is 5.91 Å². The summed E-state index contributed by atoms with van der Waals surface area (Å²) in [5.74, 6) is 0.666. The predicted molar refractivity (Wildman–Crippen MR) is 120 cm³/mol. The summed E-state index contributed by atoms with van der Waals surface area (Å²) in [5.41, 5.74) is 4.56. The van der Waals surface area contributed by atoms with E-state index in [0.29, 0.717) is 25.3 Å². The Balaban J connectivity index is 1.44. The van der Waals surface area contributed by atoms with Crippen molar-refractivity contribution < 1.29 is 9.53 Å². The number of ether oxygens (including phenoxy) is 1. The third kappa shape index (κ3) is 4.22. The first-order chi connectivity index (χ1) is 15.3. The lowest BCUT2D eigenvalue weighted by Gasteiger charge is -2.26. The van der Waals surface area contributed by atoms with Gasteiger partial charge in [-0.05, 0) is 29.7 Å². The Hall–Kier alpha value is -3.45. The van der Waals surface area contributed by atoms with E-state index in [-0.39, 0.29) is 11.9 Å². The molecule has 0 aliphatic carbocycles. The van der Waals surface area contributed by atoms with Crippen LogP contribution in [0.3, 0.4) is 0 Å². The molecular formula is C24H25N5O2. The first-order valence-electron chi connectivity index (χ1n) is 10.7. The van der Waals surface area contributed by atoms with Crippen molar-refractivity contribution in [1.82, 2.24) is 15.3 Å². The minimum Gasteiger partial charge on any atom is -0.378 e. The summed E-state index contributed by atoms with van der Waals surface area (Å²) in [5, 5.41) is 6.62. The molecule has 158 valence electrons. The number of nitrogens with one attached hydrogen (secondary N) is 2. The summed E-state index contributed by atoms with van der Waals surface area (Å²) < 4.78 is 5.40. The van der Waals surface area contributed by atoms with Gasteiger partial charge < -0.3 is 20.3 Å². The number of fused-ring (bicyclic) bond motifs is 1. The van der Waals surface area contributed by atoms with Gasteiger partial charge in [-0.15, -0.1) is 0 Å². The lowest BCUT2D eigenvalue weighted by Crippen LogP contribution is -2.37. The van der Waals surface area contributed by atoms with Crippen molar-refractivity contribution in [3.05, 3.63) is 72.1 Å². The first kappa shape index (κ1) is 19.5. The maximum Gasteiger partial charge on any atom is 0.253 e. The zero-order chi connectivity index (χ0) is 21.0. The second kappa shape index (κ2) is 8.73. The topological polar surface area (TPSA) is 79.4 Å². The van der Waals surface area contributed by atoms with Crippen molar-refractivity contribution in [2.24, 2.45) is 0 Å². The normalized spacial score (nSPS) is 18.9. The minimum atomic E-state index is -0.0560. The van der Waals surface area contributed by atoms with E-state index in [1.165, 1.54) is 5.56 Å². The van der Waals surface area contributed by atoms with E-state index < -0.39 is 0 Å². The summed E-state index contributed by atoms with van der Waals surface area (Å²) >= 11 is 0. The Morgan fingerprint density at radius 2 is 1.74 bits per heavy atom. The van der Waals surface area contributed by atoms with E-state index in [2.05, 4.69) is 37.6 Å². The van der Waals surface area contributed by atoms with Gasteiger partial charge in [0, 0.05) is 43.3 Å². The second-order valence-electron chi connectivity index (χ2n) is 7.78. The number of anilines is 2. The van der Waals surface area contributed by atoms with E-state index in [1.54, 1.807) is 0 Å². The third-order valence-electron chi connectivity index (χ3n) is 5.78. The molecule has 3 aromatic rings. The number of morpholine rings is 1. The van der Waals surface area contributed by atoms with Crippen LogP contribution in [0.1, 0.15) is 28.4 Å². The molecular weight excluding hydrogens is 390 g/mol. The third-order valence-corrected chi connectivity index (χ3v) is 5.78. The second-order valence-corrected chi connectivity index (χ2v) is 7.78. The van der Waals surface area contributed by atoms with Gasteiger partial charge in [-0.25, -0.2) is 9.97 Å². The van der Waals surface area contributed by atoms with Crippen LogP contribution in [-0.4, -0.2) is 48.7 Å². The molecule has 0 radical (unpaired) electrons. The van der Waals surface area contributed by atoms with Gasteiger partial charge in [0.2, 0.25) is 5.95 Å². The van der Waals surface area contributed by atoms with Gasteiger partial charge in [-0.3, -0.25) is 4.79 Å². The van der Waals surface area contributed by atoms with Crippen LogP contribution in [0.4, 0.5) is 11.6 Å². The molecule has 0 saturated carbocycles. The molecule has 2 N–H and O–H groups in total. The van der Waals surface area contributed by atoms with E-state index in [4.69, 9.17) is 4.74 Å². The van der Waals surface area contributed by atoms with Crippen LogP contribution < -0.4 is 15.5 Å². The average molecular weight is 415 g/mol. The molecule has 1 fully saturated rings. The predicted octanol–water partition coefficient (Wildman–Crippen LogP) is 3.27. The zero-order valence-corrected chi connectivity index (χ0v) is 17.3. The van der Waals surface area contributed by atoms with Gasteiger partial charge >= 0.3 is 0 Å². The number of hydrogen-bond acceptors (Lipinski definition) is 6. The Morgan fingerprint density at radius 1 is 0.968 bits per heavy atom. The van der Waals surface area contributed by atoms with Crippen molar-refractivity contribution in [1.29, 1.82) is 0 Å². The molecule has 0 spiro atoms. The van der Waals surface area contributed by atoms with Crippen LogP contribution in [0.2, 0.25) is 0 Å². The molecule has 7 nitrogen and oxygen atoms in total. The highest BCUT2D eigenvalue weighted by molar-refractivity contribution is 6.00. The number of amides is 1. The molecule has 1 atom stereocenters. The van der Waals surface area contributed by atoms with E-state index in [0.717, 1.165) is 42.3 Å². The maximum atomic E-state index is 12.6. The van der Waals surface area contributed by atoms with E-state index in [9.17, 15) is 4.79 Å². The molecule has 0 bridgehead atoms. The fraction of sp³-hybridized carbons (Fsp3) is 0.292. The average Bonchev–Trinajstić information content (AvgIpc) is 2.83. The highest BCUT2D eigenvalue weighted by atomic mass is 16.5. The number of rotatable bonds is 3. The fourth-order valence-corrected chi connectivity index (χ4v) is 4.06. The molecule has 1 amide bonds. The molecule has 1 aromatic heterocycles. The Morgan fingerprint density at radius 3 is 2.52 bits per heavy atom. The van der Waals surface area contributed by atoms with Crippen LogP contribution >= 0.6 is 0 Å². The maximum absolute atomic E-state index is 12.6. The summed E-state index contributed by atoms with van der Waals surface area (Å²) in [6.45, 7) is 3.64. The summed E-state index contributed by atoms with van der Waals surface area (Å²) in [6, 6.07) is 16.3. The molecule has 1 saturated heterocycles. The van der Waals surface area contributed by atoms with Crippen molar-refractivity contribution in [2.45, 2.75) is 12.5 Å². The Kier molecular flexibility index (Phi) is 5.50. The molecule has 2 aliphatic heterocycles. The molecule has 2 aromatic carbocycles. The summed E-state index contributed by atoms with van der Waals surface area (Å²) in [6.07, 6.45) is 4.51. The highest BCUT2D eigenvalue weighted by Gasteiger charge is 2.21. The smallest absolute Gasteiger partial charge is 0.253 e. The Labute approximate surface area is 181 Å². The van der Waals surface area contributed by atoms with Gasteiger partial charge in [0.1, 0.15) is 0 Å². The van der Waals surface area contributed by atoms with Crippen LogP contribution in [0, 0.1) is 0 Å². The van der Waals surface area contributed by atoms with Gasteiger partial charge in [-0.2, -0.15) is 0 Å². The quantitative estimate of drug-likeness (QED) is 0.684. The van der Waals surface area contributed by atoms with Crippen molar-refractivity contribution in [3.63, 3.8) is 0 Å². The van der Waals surface area contributed by atoms with Crippen molar-refractivity contribution in [3.8, 4) is 11.1 Å². The minimum absolute atomic E-state index is 0.0560. The van der Waals surface area contributed by atoms with Crippen LogP contribution in [0.5, 0.6) is 0 Å². The molecule has 3 heterocycles.